The Kier molecular flexibility index (Phi) is 4.57. The molecule has 1 saturated carbocycles. The predicted octanol–water partition coefficient (Wildman–Crippen LogP) is 2.27. The average molecular weight is 292 g/mol. The van der Waals surface area contributed by atoms with Crippen molar-refractivity contribution in [3.05, 3.63) is 39.9 Å². The molecule has 0 bridgehead atoms. The fourth-order valence-corrected chi connectivity index (χ4v) is 2.71. The summed E-state index contributed by atoms with van der Waals surface area (Å²) in [7, 11) is 0. The van der Waals surface area contributed by atoms with Gasteiger partial charge in [-0.25, -0.2) is 0 Å². The molecule has 1 aliphatic carbocycles. The third-order valence-corrected chi connectivity index (χ3v) is 4.23. The van der Waals surface area contributed by atoms with Crippen LogP contribution in [-0.4, -0.2) is 28.1 Å². The number of aliphatic hydroxyl groups excluding tert-OH is 1. The third-order valence-electron chi connectivity index (χ3n) is 4.23. The van der Waals surface area contributed by atoms with Crippen LogP contribution in [0.5, 0.6) is 0 Å². The van der Waals surface area contributed by atoms with Gasteiger partial charge in [0.05, 0.1) is 17.1 Å². The second-order valence-electron chi connectivity index (χ2n) is 5.88. The highest BCUT2D eigenvalue weighted by Gasteiger charge is 2.35. The molecule has 0 heterocycles. The molecule has 1 fully saturated rings. The van der Waals surface area contributed by atoms with E-state index in [1.807, 2.05) is 0 Å². The lowest BCUT2D eigenvalue weighted by molar-refractivity contribution is -0.384. The molecule has 6 nitrogen and oxygen atoms in total. The zero-order valence-electron chi connectivity index (χ0n) is 12.0. The van der Waals surface area contributed by atoms with E-state index in [0.717, 1.165) is 25.7 Å². The minimum atomic E-state index is -0.603. The number of carbonyl (C=O) groups excluding carboxylic acids is 1. The van der Waals surface area contributed by atoms with Crippen LogP contribution in [0.1, 0.15) is 43.0 Å². The largest absolute Gasteiger partial charge is 0.394 e. The number of benzene rings is 1. The highest BCUT2D eigenvalue weighted by atomic mass is 16.6. The molecule has 1 aliphatic rings. The van der Waals surface area contributed by atoms with E-state index in [0.29, 0.717) is 5.92 Å². The molecular formula is C15H20N2O4. The predicted molar refractivity (Wildman–Crippen MR) is 78.0 cm³/mol. The summed E-state index contributed by atoms with van der Waals surface area (Å²) in [6.07, 6.45) is 3.36. The van der Waals surface area contributed by atoms with Crippen molar-refractivity contribution in [1.82, 2.24) is 5.32 Å². The fourth-order valence-electron chi connectivity index (χ4n) is 2.71. The summed E-state index contributed by atoms with van der Waals surface area (Å²) in [6.45, 7) is 2.05. The van der Waals surface area contributed by atoms with Gasteiger partial charge in [0, 0.05) is 17.7 Å². The van der Waals surface area contributed by atoms with Gasteiger partial charge in [-0.05, 0) is 37.7 Å². The van der Waals surface area contributed by atoms with Crippen molar-refractivity contribution in [2.45, 2.75) is 38.1 Å². The van der Waals surface area contributed by atoms with Crippen LogP contribution in [0.4, 0.5) is 5.69 Å². The van der Waals surface area contributed by atoms with Crippen LogP contribution in [-0.2, 0) is 0 Å². The Morgan fingerprint density at radius 1 is 1.48 bits per heavy atom. The monoisotopic (exact) mass is 292 g/mol. The number of nitrogens with zero attached hydrogens (tertiary/aromatic N) is 1. The van der Waals surface area contributed by atoms with Crippen molar-refractivity contribution in [3.63, 3.8) is 0 Å². The molecule has 1 amide bonds. The van der Waals surface area contributed by atoms with E-state index in [9.17, 15) is 20.0 Å². The summed E-state index contributed by atoms with van der Waals surface area (Å²) in [5, 5.41) is 23.3. The molecule has 0 saturated heterocycles. The molecule has 2 N–H and O–H groups in total. The number of hydrogen-bond donors (Lipinski definition) is 2. The van der Waals surface area contributed by atoms with E-state index in [2.05, 4.69) is 12.2 Å². The van der Waals surface area contributed by atoms with Gasteiger partial charge in [-0.2, -0.15) is 0 Å². The average Bonchev–Trinajstić information content (AvgIpc) is 2.50. The highest BCUT2D eigenvalue weighted by Crippen LogP contribution is 2.32. The zero-order chi connectivity index (χ0) is 15.5. The number of nitro benzene ring substituents is 1. The van der Waals surface area contributed by atoms with Crippen LogP contribution in [0.3, 0.4) is 0 Å². The van der Waals surface area contributed by atoms with Gasteiger partial charge in [-0.15, -0.1) is 0 Å². The van der Waals surface area contributed by atoms with Crippen LogP contribution in [0.2, 0.25) is 0 Å². The second kappa shape index (κ2) is 6.22. The van der Waals surface area contributed by atoms with E-state index in [1.165, 1.54) is 18.2 Å². The number of nitrogens with one attached hydrogen (secondary N) is 1. The molecule has 0 unspecified atom stereocenters. The van der Waals surface area contributed by atoms with Crippen molar-refractivity contribution in [3.8, 4) is 0 Å². The Labute approximate surface area is 123 Å². The molecule has 6 heteroatoms. The van der Waals surface area contributed by atoms with Crippen molar-refractivity contribution >= 4 is 11.6 Å². The van der Waals surface area contributed by atoms with Gasteiger partial charge in [0.1, 0.15) is 0 Å². The minimum Gasteiger partial charge on any atom is -0.394 e. The molecule has 0 spiro atoms. The van der Waals surface area contributed by atoms with E-state index in [-0.39, 0.29) is 23.8 Å². The molecule has 2 rings (SSSR count). The lowest BCUT2D eigenvalue weighted by atomic mass is 9.77. The molecule has 0 aliphatic heterocycles. The number of aliphatic hydroxyl groups is 1. The first kappa shape index (κ1) is 15.4. The van der Waals surface area contributed by atoms with E-state index < -0.39 is 10.5 Å². The summed E-state index contributed by atoms with van der Waals surface area (Å²) in [5.41, 5.74) is -0.470. The molecule has 1 aromatic carbocycles. The van der Waals surface area contributed by atoms with Crippen molar-refractivity contribution in [2.75, 3.05) is 6.61 Å². The SMILES string of the molecule is CC1CCC(CO)(NC(=O)c2cccc([N+](=O)[O-])c2)CC1. The molecule has 0 radical (unpaired) electrons. The number of rotatable bonds is 4. The van der Waals surface area contributed by atoms with Crippen molar-refractivity contribution in [2.24, 2.45) is 5.92 Å². The van der Waals surface area contributed by atoms with Crippen LogP contribution >= 0.6 is 0 Å². The number of amides is 1. The van der Waals surface area contributed by atoms with Gasteiger partial charge in [0.15, 0.2) is 0 Å². The van der Waals surface area contributed by atoms with Crippen LogP contribution in [0, 0.1) is 16.0 Å². The lowest BCUT2D eigenvalue weighted by Crippen LogP contribution is -2.53. The summed E-state index contributed by atoms with van der Waals surface area (Å²) in [4.78, 5) is 22.5. The first-order valence-electron chi connectivity index (χ1n) is 7.13. The summed E-state index contributed by atoms with van der Waals surface area (Å²) >= 11 is 0. The van der Waals surface area contributed by atoms with Crippen molar-refractivity contribution < 1.29 is 14.8 Å². The maximum atomic E-state index is 12.3. The number of carbonyl (C=O) groups is 1. The maximum Gasteiger partial charge on any atom is 0.270 e. The Hall–Kier alpha value is -1.95. The van der Waals surface area contributed by atoms with Gasteiger partial charge in [-0.3, -0.25) is 14.9 Å². The second-order valence-corrected chi connectivity index (χ2v) is 5.88. The van der Waals surface area contributed by atoms with Gasteiger partial charge in [0.2, 0.25) is 0 Å². The smallest absolute Gasteiger partial charge is 0.270 e. The van der Waals surface area contributed by atoms with E-state index in [1.54, 1.807) is 6.07 Å². The van der Waals surface area contributed by atoms with Gasteiger partial charge >= 0.3 is 0 Å². The van der Waals surface area contributed by atoms with Gasteiger partial charge in [0.25, 0.3) is 11.6 Å². The van der Waals surface area contributed by atoms with E-state index in [4.69, 9.17) is 0 Å². The summed E-state index contributed by atoms with van der Waals surface area (Å²) in [5.74, 6) is 0.224. The van der Waals surface area contributed by atoms with Gasteiger partial charge in [-0.1, -0.05) is 13.0 Å². The molecule has 0 atom stereocenters. The molecule has 0 aromatic heterocycles. The molecular weight excluding hydrogens is 272 g/mol. The zero-order valence-corrected chi connectivity index (χ0v) is 12.0. The Bertz CT molecular complexity index is 536. The van der Waals surface area contributed by atoms with Crippen LogP contribution < -0.4 is 5.32 Å². The third kappa shape index (κ3) is 3.58. The fraction of sp³-hybridized carbons (Fsp3) is 0.533. The van der Waals surface area contributed by atoms with Crippen LogP contribution in [0.25, 0.3) is 0 Å². The Morgan fingerprint density at radius 3 is 2.71 bits per heavy atom. The lowest BCUT2D eigenvalue weighted by Gasteiger charge is -2.38. The molecule has 1 aromatic rings. The molecule has 21 heavy (non-hydrogen) atoms. The standard InChI is InChI=1S/C15H20N2O4/c1-11-5-7-15(10-18,8-6-11)16-14(19)12-3-2-4-13(9-12)17(20)21/h2-4,9,11,18H,5-8,10H2,1H3,(H,16,19). The minimum absolute atomic E-state index is 0.111. The van der Waals surface area contributed by atoms with Crippen LogP contribution in [0.15, 0.2) is 24.3 Å². The normalized spacial score (nSPS) is 25.3. The topological polar surface area (TPSA) is 92.5 Å². The quantitative estimate of drug-likeness (QED) is 0.657. The number of hydrogen-bond acceptors (Lipinski definition) is 4. The first-order chi connectivity index (χ1) is 9.96. The highest BCUT2D eigenvalue weighted by molar-refractivity contribution is 5.95. The number of non-ortho nitro benzene ring substituents is 1. The van der Waals surface area contributed by atoms with E-state index >= 15 is 0 Å². The Balaban J connectivity index is 2.13. The Morgan fingerprint density at radius 2 is 2.14 bits per heavy atom. The maximum absolute atomic E-state index is 12.3. The summed E-state index contributed by atoms with van der Waals surface area (Å²) in [6, 6.07) is 5.63. The molecule has 114 valence electrons. The first-order valence-corrected chi connectivity index (χ1v) is 7.13. The number of nitro groups is 1. The summed E-state index contributed by atoms with van der Waals surface area (Å²) < 4.78 is 0. The van der Waals surface area contributed by atoms with Crippen molar-refractivity contribution in [1.29, 1.82) is 0 Å². The van der Waals surface area contributed by atoms with Gasteiger partial charge < -0.3 is 10.4 Å².